The Morgan fingerprint density at radius 1 is 0.895 bits per heavy atom. The summed E-state index contributed by atoms with van der Waals surface area (Å²) in [4.78, 5) is 27.9. The van der Waals surface area contributed by atoms with Gasteiger partial charge in [0.2, 0.25) is 11.8 Å². The van der Waals surface area contributed by atoms with E-state index in [1.807, 2.05) is 45.0 Å². The average Bonchev–Trinajstić information content (AvgIpc) is 2.90. The number of benzene rings is 3. The van der Waals surface area contributed by atoms with Crippen molar-refractivity contribution in [3.8, 4) is 0 Å². The van der Waals surface area contributed by atoms with Crippen molar-refractivity contribution in [1.29, 1.82) is 0 Å². The summed E-state index contributed by atoms with van der Waals surface area (Å²) in [6.07, 6.45) is 0.738. The fraction of sp³-hybridized carbons (Fsp3) is 0.310. The first-order chi connectivity index (χ1) is 18.0. The van der Waals surface area contributed by atoms with Gasteiger partial charge in [-0.25, -0.2) is 12.8 Å². The summed E-state index contributed by atoms with van der Waals surface area (Å²) in [6.45, 7) is 7.42. The van der Waals surface area contributed by atoms with Crippen LogP contribution >= 0.6 is 0 Å². The van der Waals surface area contributed by atoms with Crippen LogP contribution in [0.3, 0.4) is 0 Å². The zero-order chi connectivity index (χ0) is 27.9. The summed E-state index contributed by atoms with van der Waals surface area (Å²) >= 11 is 0. The summed E-state index contributed by atoms with van der Waals surface area (Å²) in [5, 5.41) is 2.81. The molecule has 9 heteroatoms. The van der Waals surface area contributed by atoms with E-state index < -0.39 is 34.3 Å². The van der Waals surface area contributed by atoms with E-state index in [0.717, 1.165) is 39.5 Å². The third-order valence-electron chi connectivity index (χ3n) is 6.19. The predicted octanol–water partition coefficient (Wildman–Crippen LogP) is 4.58. The molecule has 0 aromatic heterocycles. The van der Waals surface area contributed by atoms with Gasteiger partial charge >= 0.3 is 0 Å². The van der Waals surface area contributed by atoms with E-state index in [1.165, 1.54) is 17.0 Å². The fourth-order valence-corrected chi connectivity index (χ4v) is 5.26. The second kappa shape index (κ2) is 12.7. The Kier molecular flexibility index (Phi) is 9.63. The summed E-state index contributed by atoms with van der Waals surface area (Å²) in [5.74, 6) is -1.44. The molecule has 3 aromatic rings. The van der Waals surface area contributed by atoms with Crippen LogP contribution < -0.4 is 9.62 Å². The zero-order valence-corrected chi connectivity index (χ0v) is 23.0. The normalized spacial score (nSPS) is 12.0. The summed E-state index contributed by atoms with van der Waals surface area (Å²) in [7, 11) is -4.23. The molecule has 0 heterocycles. The number of nitrogens with one attached hydrogen (secondary N) is 1. The Hall–Kier alpha value is -3.72. The molecule has 0 aliphatic carbocycles. The number of sulfonamides is 1. The van der Waals surface area contributed by atoms with Crippen molar-refractivity contribution in [3.05, 3.63) is 95.3 Å². The molecule has 3 rings (SSSR count). The topological polar surface area (TPSA) is 86.8 Å². The van der Waals surface area contributed by atoms with E-state index in [-0.39, 0.29) is 23.0 Å². The van der Waals surface area contributed by atoms with E-state index in [0.29, 0.717) is 6.54 Å². The minimum Gasteiger partial charge on any atom is -0.354 e. The Balaban J connectivity index is 2.00. The van der Waals surface area contributed by atoms with Crippen molar-refractivity contribution in [3.63, 3.8) is 0 Å². The van der Waals surface area contributed by atoms with Gasteiger partial charge in [0.25, 0.3) is 10.0 Å². The van der Waals surface area contributed by atoms with Crippen molar-refractivity contribution in [2.24, 2.45) is 0 Å². The minimum atomic E-state index is -4.23. The van der Waals surface area contributed by atoms with Crippen molar-refractivity contribution < 1.29 is 22.4 Å². The number of nitrogens with zero attached hydrogens (tertiary/aromatic N) is 2. The van der Waals surface area contributed by atoms with Crippen LogP contribution in [-0.4, -0.2) is 44.3 Å². The molecule has 0 aliphatic rings. The fourth-order valence-electron chi connectivity index (χ4n) is 3.84. The van der Waals surface area contributed by atoms with Crippen LogP contribution in [0.25, 0.3) is 0 Å². The first-order valence-corrected chi connectivity index (χ1v) is 13.9. The quantitative estimate of drug-likeness (QED) is 0.387. The molecule has 1 atom stereocenters. The molecule has 1 N–H and O–H groups in total. The molecular weight excluding hydrogens is 505 g/mol. The number of aryl methyl sites for hydroxylation is 2. The number of anilines is 1. The van der Waals surface area contributed by atoms with Crippen LogP contribution in [0.15, 0.2) is 77.7 Å². The summed E-state index contributed by atoms with van der Waals surface area (Å²) < 4.78 is 41.9. The van der Waals surface area contributed by atoms with Gasteiger partial charge in [-0.1, -0.05) is 54.4 Å². The van der Waals surface area contributed by atoms with E-state index in [4.69, 9.17) is 0 Å². The lowest BCUT2D eigenvalue weighted by Crippen LogP contribution is -2.51. The van der Waals surface area contributed by atoms with E-state index in [2.05, 4.69) is 5.32 Å². The van der Waals surface area contributed by atoms with Gasteiger partial charge in [-0.2, -0.15) is 0 Å². The maximum atomic E-state index is 13.8. The molecule has 0 saturated heterocycles. The molecule has 0 aliphatic heterocycles. The average molecular weight is 540 g/mol. The lowest BCUT2D eigenvalue weighted by atomic mass is 10.1. The summed E-state index contributed by atoms with van der Waals surface area (Å²) in [6, 6.07) is 17.9. The standard InChI is InChI=1S/C29H34FN3O4S/c1-5-18-31-29(35)23(4)32(19-24-10-6-21(2)7-11-24)28(34)20-33(26-14-8-22(3)9-15-26)38(36,37)27-16-12-25(30)13-17-27/h6-17,23H,5,18-20H2,1-4H3,(H,31,35)/t23-/m0/s1. The lowest BCUT2D eigenvalue weighted by Gasteiger charge is -2.32. The maximum Gasteiger partial charge on any atom is 0.264 e. The van der Waals surface area contributed by atoms with Gasteiger partial charge in [0.15, 0.2) is 0 Å². The molecule has 0 unspecified atom stereocenters. The molecule has 7 nitrogen and oxygen atoms in total. The molecular formula is C29H34FN3O4S. The van der Waals surface area contributed by atoms with Crippen molar-refractivity contribution in [2.45, 2.75) is 51.6 Å². The number of amides is 2. The van der Waals surface area contributed by atoms with Gasteiger partial charge in [-0.15, -0.1) is 0 Å². The smallest absolute Gasteiger partial charge is 0.264 e. The van der Waals surface area contributed by atoms with Crippen LogP contribution in [0.2, 0.25) is 0 Å². The van der Waals surface area contributed by atoms with Crippen LogP contribution in [0.4, 0.5) is 10.1 Å². The van der Waals surface area contributed by atoms with Gasteiger partial charge in [-0.3, -0.25) is 13.9 Å². The van der Waals surface area contributed by atoms with Gasteiger partial charge in [0.05, 0.1) is 10.6 Å². The van der Waals surface area contributed by atoms with Crippen LogP contribution in [-0.2, 0) is 26.2 Å². The Bertz CT molecular complexity index is 1340. The second-order valence-corrected chi connectivity index (χ2v) is 11.1. The monoisotopic (exact) mass is 539 g/mol. The number of halogens is 1. The maximum absolute atomic E-state index is 13.8. The van der Waals surface area contributed by atoms with Gasteiger partial charge in [-0.05, 0) is 69.2 Å². The third-order valence-corrected chi connectivity index (χ3v) is 7.98. The second-order valence-electron chi connectivity index (χ2n) is 9.28. The highest BCUT2D eigenvalue weighted by atomic mass is 32.2. The first kappa shape index (κ1) is 28.8. The Morgan fingerprint density at radius 2 is 1.45 bits per heavy atom. The third kappa shape index (κ3) is 7.19. The number of carbonyl (C=O) groups excluding carboxylic acids is 2. The highest BCUT2D eigenvalue weighted by molar-refractivity contribution is 7.92. The molecule has 3 aromatic carbocycles. The van der Waals surface area contributed by atoms with E-state index in [9.17, 15) is 22.4 Å². The molecule has 38 heavy (non-hydrogen) atoms. The van der Waals surface area contributed by atoms with Crippen molar-refractivity contribution >= 4 is 27.5 Å². The Morgan fingerprint density at radius 3 is 2.00 bits per heavy atom. The molecule has 2 amide bonds. The van der Waals surface area contributed by atoms with Crippen LogP contribution in [0.5, 0.6) is 0 Å². The number of rotatable bonds is 11. The highest BCUT2D eigenvalue weighted by Gasteiger charge is 2.32. The highest BCUT2D eigenvalue weighted by Crippen LogP contribution is 2.25. The molecule has 0 radical (unpaired) electrons. The predicted molar refractivity (Wildman–Crippen MR) is 147 cm³/mol. The zero-order valence-electron chi connectivity index (χ0n) is 22.1. The molecule has 202 valence electrons. The van der Waals surface area contributed by atoms with Gasteiger partial charge in [0, 0.05) is 13.1 Å². The lowest BCUT2D eigenvalue weighted by molar-refractivity contribution is -0.139. The Labute approximate surface area is 224 Å². The molecule has 0 saturated carbocycles. The molecule has 0 bridgehead atoms. The summed E-state index contributed by atoms with van der Waals surface area (Å²) in [5.41, 5.74) is 3.06. The van der Waals surface area contributed by atoms with E-state index in [1.54, 1.807) is 31.2 Å². The van der Waals surface area contributed by atoms with E-state index >= 15 is 0 Å². The molecule has 0 spiro atoms. The van der Waals surface area contributed by atoms with Crippen molar-refractivity contribution in [1.82, 2.24) is 10.2 Å². The van der Waals surface area contributed by atoms with Crippen molar-refractivity contribution in [2.75, 3.05) is 17.4 Å². The molecule has 0 fully saturated rings. The minimum absolute atomic E-state index is 0.123. The van der Waals surface area contributed by atoms with Crippen LogP contribution in [0.1, 0.15) is 37.0 Å². The van der Waals surface area contributed by atoms with Gasteiger partial charge in [0.1, 0.15) is 18.4 Å². The largest absolute Gasteiger partial charge is 0.354 e. The number of hydrogen-bond donors (Lipinski definition) is 1. The number of hydrogen-bond acceptors (Lipinski definition) is 4. The van der Waals surface area contributed by atoms with Crippen LogP contribution in [0, 0.1) is 19.7 Å². The SMILES string of the molecule is CCCNC(=O)[C@H](C)N(Cc1ccc(C)cc1)C(=O)CN(c1ccc(C)cc1)S(=O)(=O)c1ccc(F)cc1. The first-order valence-electron chi connectivity index (χ1n) is 12.5. The van der Waals surface area contributed by atoms with Gasteiger partial charge < -0.3 is 10.2 Å². The number of carbonyl (C=O) groups is 2.